The number of carbonyl (C=O) groups is 2. The maximum Gasteiger partial charge on any atom is 0.416 e. The van der Waals surface area contributed by atoms with Gasteiger partial charge in [-0.15, -0.1) is 0 Å². The van der Waals surface area contributed by atoms with Gasteiger partial charge in [-0.25, -0.2) is 4.98 Å². The Balaban J connectivity index is 2.17. The summed E-state index contributed by atoms with van der Waals surface area (Å²) in [5.41, 5.74) is 4.39. The van der Waals surface area contributed by atoms with Crippen molar-refractivity contribution < 1.29 is 22.8 Å². The van der Waals surface area contributed by atoms with E-state index in [0.29, 0.717) is 10.6 Å². The van der Waals surface area contributed by atoms with Gasteiger partial charge in [0.15, 0.2) is 0 Å². The molecule has 2 N–H and O–H groups in total. The van der Waals surface area contributed by atoms with Crippen LogP contribution in [0.4, 0.5) is 24.5 Å². The second kappa shape index (κ2) is 9.42. The second-order valence-corrected chi connectivity index (χ2v) is 7.32. The van der Waals surface area contributed by atoms with Gasteiger partial charge in [-0.2, -0.15) is 13.2 Å². The highest BCUT2D eigenvalue weighted by Crippen LogP contribution is 2.35. The van der Waals surface area contributed by atoms with Crippen LogP contribution in [-0.4, -0.2) is 16.8 Å². The van der Waals surface area contributed by atoms with Gasteiger partial charge in [-0.05, 0) is 54.1 Å². The number of carbonyl (C=O) groups excluding carboxylic acids is 2. The maximum atomic E-state index is 13.4. The van der Waals surface area contributed by atoms with Crippen LogP contribution in [0, 0.1) is 0 Å². The number of halogens is 5. The van der Waals surface area contributed by atoms with Crippen LogP contribution in [0.2, 0.25) is 10.2 Å². The highest BCUT2D eigenvalue weighted by atomic mass is 35.5. The van der Waals surface area contributed by atoms with E-state index in [-0.39, 0.29) is 16.5 Å². The largest absolute Gasteiger partial charge is 0.416 e. The van der Waals surface area contributed by atoms with Crippen molar-refractivity contribution in [3.63, 3.8) is 0 Å². The minimum Gasteiger partial charge on any atom is -0.365 e. The molecule has 0 radical (unpaired) electrons. The number of hydrogen-bond donors (Lipinski definition) is 1. The lowest BCUT2D eigenvalue weighted by Gasteiger charge is -2.24. The van der Waals surface area contributed by atoms with Gasteiger partial charge in [-0.1, -0.05) is 41.4 Å². The van der Waals surface area contributed by atoms with Gasteiger partial charge in [0.05, 0.1) is 11.3 Å². The number of rotatable bonds is 5. The lowest BCUT2D eigenvalue weighted by Crippen LogP contribution is -2.33. The summed E-state index contributed by atoms with van der Waals surface area (Å²) in [5, 5.41) is 0.431. The minimum atomic E-state index is -4.65. The predicted molar refractivity (Wildman–Crippen MR) is 116 cm³/mol. The van der Waals surface area contributed by atoms with Crippen LogP contribution in [0.5, 0.6) is 0 Å². The number of aromatic nitrogens is 1. The van der Waals surface area contributed by atoms with Gasteiger partial charge < -0.3 is 5.73 Å². The van der Waals surface area contributed by atoms with Crippen LogP contribution in [0.3, 0.4) is 0 Å². The molecule has 0 spiro atoms. The summed E-state index contributed by atoms with van der Waals surface area (Å²) in [5.74, 6) is -2.02. The number of nitrogens with zero attached hydrogens (tertiary/aromatic N) is 2. The fourth-order valence-electron chi connectivity index (χ4n) is 2.82. The SMILES string of the molecule is NC(=O)C(=Cc1ccc(Cl)cc1)C(=O)N(c1cccc(C(F)(F)F)c1)c1ccnc(Cl)c1. The maximum absolute atomic E-state index is 13.4. The fourth-order valence-corrected chi connectivity index (χ4v) is 3.11. The van der Waals surface area contributed by atoms with Crippen LogP contribution in [0.1, 0.15) is 11.1 Å². The van der Waals surface area contributed by atoms with Gasteiger partial charge in [-0.3, -0.25) is 14.5 Å². The average molecular weight is 480 g/mol. The molecule has 0 aliphatic rings. The smallest absolute Gasteiger partial charge is 0.365 e. The summed E-state index contributed by atoms with van der Waals surface area (Å²) in [6.07, 6.45) is -2.14. The molecule has 164 valence electrons. The van der Waals surface area contributed by atoms with Crippen LogP contribution >= 0.6 is 23.2 Å². The summed E-state index contributed by atoms with van der Waals surface area (Å²) < 4.78 is 39.8. The Kier molecular flexibility index (Phi) is 6.86. The fraction of sp³-hybridized carbons (Fsp3) is 0.0455. The Hall–Kier alpha value is -3.36. The average Bonchev–Trinajstić information content (AvgIpc) is 2.73. The number of alkyl halides is 3. The number of anilines is 2. The van der Waals surface area contributed by atoms with E-state index in [4.69, 9.17) is 28.9 Å². The van der Waals surface area contributed by atoms with Gasteiger partial charge in [0, 0.05) is 16.9 Å². The van der Waals surface area contributed by atoms with E-state index in [1.54, 1.807) is 24.3 Å². The molecule has 10 heteroatoms. The third-order valence-electron chi connectivity index (χ3n) is 4.28. The van der Waals surface area contributed by atoms with Crippen LogP contribution in [0.25, 0.3) is 6.08 Å². The van der Waals surface area contributed by atoms with Crippen molar-refractivity contribution in [1.29, 1.82) is 0 Å². The van der Waals surface area contributed by atoms with E-state index in [9.17, 15) is 22.8 Å². The van der Waals surface area contributed by atoms with Gasteiger partial charge in [0.1, 0.15) is 10.7 Å². The molecule has 2 aromatic carbocycles. The van der Waals surface area contributed by atoms with E-state index >= 15 is 0 Å². The highest BCUT2D eigenvalue weighted by molar-refractivity contribution is 6.31. The van der Waals surface area contributed by atoms with E-state index in [0.717, 1.165) is 23.1 Å². The summed E-state index contributed by atoms with van der Waals surface area (Å²) in [6.45, 7) is 0. The lowest BCUT2D eigenvalue weighted by molar-refractivity contribution is -0.137. The molecule has 0 saturated heterocycles. The Morgan fingerprint density at radius 1 is 0.969 bits per heavy atom. The zero-order valence-electron chi connectivity index (χ0n) is 16.1. The standard InChI is InChI=1S/C22H14Cl2F3N3O2/c23-15-6-4-13(5-7-15)10-18(20(28)31)21(32)30(17-8-9-29-19(24)12-17)16-3-1-2-14(11-16)22(25,26)27/h1-12H,(H2,28,31). The first-order valence-corrected chi connectivity index (χ1v) is 9.72. The third-order valence-corrected chi connectivity index (χ3v) is 4.74. The molecule has 3 aromatic rings. The molecule has 2 amide bonds. The molecule has 0 aliphatic heterocycles. The molecular weight excluding hydrogens is 466 g/mol. The first-order chi connectivity index (χ1) is 15.1. The quantitative estimate of drug-likeness (QED) is 0.222. The number of pyridine rings is 1. The lowest BCUT2D eigenvalue weighted by atomic mass is 10.1. The Morgan fingerprint density at radius 3 is 2.22 bits per heavy atom. The van der Waals surface area contributed by atoms with Gasteiger partial charge in [0.2, 0.25) is 0 Å². The van der Waals surface area contributed by atoms with Crippen LogP contribution < -0.4 is 10.6 Å². The molecule has 0 saturated carbocycles. The minimum absolute atomic E-state index is 0.00502. The number of hydrogen-bond acceptors (Lipinski definition) is 3. The van der Waals surface area contributed by atoms with Crippen LogP contribution in [0.15, 0.2) is 72.4 Å². The number of benzene rings is 2. The molecule has 0 bridgehead atoms. The van der Waals surface area contributed by atoms with E-state index in [1.165, 1.54) is 30.5 Å². The number of amides is 2. The summed E-state index contributed by atoms with van der Waals surface area (Å²) in [6, 6.07) is 12.9. The zero-order chi connectivity index (χ0) is 23.5. The molecule has 0 aliphatic carbocycles. The molecule has 0 unspecified atom stereocenters. The van der Waals surface area contributed by atoms with Crippen molar-refractivity contribution in [2.75, 3.05) is 4.90 Å². The molecular formula is C22H14Cl2F3N3O2. The summed E-state index contributed by atoms with van der Waals surface area (Å²) in [4.78, 5) is 30.3. The highest BCUT2D eigenvalue weighted by Gasteiger charge is 2.32. The zero-order valence-corrected chi connectivity index (χ0v) is 17.6. The molecule has 5 nitrogen and oxygen atoms in total. The van der Waals surface area contributed by atoms with Crippen molar-refractivity contribution in [3.8, 4) is 0 Å². The normalized spacial score (nSPS) is 11.8. The number of nitrogens with two attached hydrogens (primary N) is 1. The van der Waals surface area contributed by atoms with Crippen molar-refractivity contribution in [2.45, 2.75) is 6.18 Å². The van der Waals surface area contributed by atoms with E-state index < -0.39 is 29.1 Å². The Bertz CT molecular complexity index is 1200. The van der Waals surface area contributed by atoms with Crippen molar-refractivity contribution >= 4 is 52.5 Å². The van der Waals surface area contributed by atoms with Gasteiger partial charge >= 0.3 is 6.18 Å². The number of primary amides is 1. The Morgan fingerprint density at radius 2 is 1.62 bits per heavy atom. The molecule has 3 rings (SSSR count). The second-order valence-electron chi connectivity index (χ2n) is 6.50. The molecule has 1 heterocycles. The monoisotopic (exact) mass is 479 g/mol. The molecule has 1 aromatic heterocycles. The Labute approximate surface area is 190 Å². The molecule has 0 fully saturated rings. The van der Waals surface area contributed by atoms with Crippen LogP contribution in [-0.2, 0) is 15.8 Å². The molecule has 0 atom stereocenters. The predicted octanol–water partition coefficient (Wildman–Crippen LogP) is 5.64. The summed E-state index contributed by atoms with van der Waals surface area (Å²) >= 11 is 11.8. The topological polar surface area (TPSA) is 76.3 Å². The first-order valence-electron chi connectivity index (χ1n) is 8.96. The first kappa shape index (κ1) is 23.3. The van der Waals surface area contributed by atoms with Gasteiger partial charge in [0.25, 0.3) is 11.8 Å². The third kappa shape index (κ3) is 5.46. The van der Waals surface area contributed by atoms with Crippen molar-refractivity contribution in [2.24, 2.45) is 5.73 Å². The van der Waals surface area contributed by atoms with E-state index in [1.807, 2.05) is 0 Å². The van der Waals surface area contributed by atoms with E-state index in [2.05, 4.69) is 4.98 Å². The summed E-state index contributed by atoms with van der Waals surface area (Å²) in [7, 11) is 0. The molecule has 32 heavy (non-hydrogen) atoms. The van der Waals surface area contributed by atoms with Crippen molar-refractivity contribution in [3.05, 3.63) is 93.7 Å². The van der Waals surface area contributed by atoms with Crippen molar-refractivity contribution in [1.82, 2.24) is 4.98 Å².